The molecule has 1 aromatic heterocycles. The van der Waals surface area contributed by atoms with Crippen LogP contribution in [0.25, 0.3) is 0 Å². The molecule has 0 spiro atoms. The van der Waals surface area contributed by atoms with E-state index in [9.17, 15) is 9.59 Å². The number of anilines is 2. The van der Waals surface area contributed by atoms with Crippen molar-refractivity contribution >= 4 is 23.3 Å². The lowest BCUT2D eigenvalue weighted by Gasteiger charge is -2.45. The van der Waals surface area contributed by atoms with Gasteiger partial charge in [0.1, 0.15) is 17.9 Å². The van der Waals surface area contributed by atoms with E-state index in [1.807, 2.05) is 19.0 Å². The number of nitrogen functional groups attached to an aromatic ring is 1. The van der Waals surface area contributed by atoms with Crippen LogP contribution in [0.4, 0.5) is 11.5 Å². The van der Waals surface area contributed by atoms with Gasteiger partial charge in [0.2, 0.25) is 11.8 Å². The molecule has 1 aromatic rings. The smallest absolute Gasteiger partial charge is 0.246 e. The van der Waals surface area contributed by atoms with E-state index in [4.69, 9.17) is 10.5 Å². The summed E-state index contributed by atoms with van der Waals surface area (Å²) in [6.45, 7) is 2.17. The Kier molecular flexibility index (Phi) is 4.91. The quantitative estimate of drug-likeness (QED) is 0.824. The highest BCUT2D eigenvalue weighted by Gasteiger charge is 2.45. The normalized spacial score (nSPS) is 20.8. The van der Waals surface area contributed by atoms with Gasteiger partial charge in [-0.1, -0.05) is 0 Å². The van der Waals surface area contributed by atoms with Crippen molar-refractivity contribution in [3.63, 3.8) is 0 Å². The first-order valence-corrected chi connectivity index (χ1v) is 8.50. The molecule has 3 heterocycles. The molecule has 3 rings (SSSR count). The van der Waals surface area contributed by atoms with Crippen LogP contribution in [-0.2, 0) is 14.3 Å². The number of carbonyl (C=O) groups excluding carboxylic acids is 2. The number of aromatic nitrogens is 1. The van der Waals surface area contributed by atoms with Crippen molar-refractivity contribution in [1.82, 2.24) is 14.8 Å². The summed E-state index contributed by atoms with van der Waals surface area (Å²) in [6.07, 6.45) is 2.88. The number of ether oxygens (including phenoxy) is 1. The third kappa shape index (κ3) is 3.32. The molecule has 2 aliphatic rings. The number of nitrogens with two attached hydrogens (primary N) is 1. The van der Waals surface area contributed by atoms with Gasteiger partial charge in [-0.3, -0.25) is 14.5 Å². The lowest BCUT2D eigenvalue weighted by atomic mass is 9.86. The standard InChI is InChI=1S/C17H25N5O3/c1-20(2)17(5-9-25-10-6-17)16(24)21-7-8-22(15(23)12-21)13-3-4-14(18)19-11-13/h3-4,11H,5-10,12H2,1-2H3,(H2,18,19). The number of hydrogen-bond donors (Lipinski definition) is 1. The number of nitrogens with zero attached hydrogens (tertiary/aromatic N) is 4. The zero-order valence-electron chi connectivity index (χ0n) is 14.8. The molecule has 0 unspecified atom stereocenters. The van der Waals surface area contributed by atoms with Crippen LogP contribution in [-0.4, -0.2) is 79.1 Å². The second-order valence-corrected chi connectivity index (χ2v) is 6.75. The van der Waals surface area contributed by atoms with E-state index < -0.39 is 5.54 Å². The van der Waals surface area contributed by atoms with Crippen LogP contribution in [0.1, 0.15) is 12.8 Å². The van der Waals surface area contributed by atoms with Crippen LogP contribution < -0.4 is 10.6 Å². The van der Waals surface area contributed by atoms with E-state index in [2.05, 4.69) is 4.98 Å². The Labute approximate surface area is 147 Å². The molecular formula is C17H25N5O3. The highest BCUT2D eigenvalue weighted by atomic mass is 16.5. The molecule has 2 N–H and O–H groups in total. The summed E-state index contributed by atoms with van der Waals surface area (Å²) < 4.78 is 5.43. The molecule has 2 saturated heterocycles. The average Bonchev–Trinajstić information content (AvgIpc) is 2.62. The number of hydrogen-bond acceptors (Lipinski definition) is 6. The second kappa shape index (κ2) is 6.97. The molecule has 2 amide bonds. The van der Waals surface area contributed by atoms with Crippen molar-refractivity contribution in [1.29, 1.82) is 0 Å². The molecular weight excluding hydrogens is 322 g/mol. The summed E-state index contributed by atoms with van der Waals surface area (Å²) in [4.78, 5) is 35.1. The molecule has 0 aromatic carbocycles. The summed E-state index contributed by atoms with van der Waals surface area (Å²) in [5.74, 6) is 0.328. The number of amides is 2. The molecule has 8 nitrogen and oxygen atoms in total. The van der Waals surface area contributed by atoms with Gasteiger partial charge < -0.3 is 20.3 Å². The van der Waals surface area contributed by atoms with Crippen LogP contribution in [0.5, 0.6) is 0 Å². The van der Waals surface area contributed by atoms with Crippen LogP contribution in [0.2, 0.25) is 0 Å². The number of likely N-dealkylation sites (N-methyl/N-ethyl adjacent to an activating group) is 1. The van der Waals surface area contributed by atoms with E-state index in [-0.39, 0.29) is 18.4 Å². The van der Waals surface area contributed by atoms with E-state index in [0.29, 0.717) is 50.7 Å². The first-order chi connectivity index (χ1) is 11.9. The predicted molar refractivity (Wildman–Crippen MR) is 94.1 cm³/mol. The lowest BCUT2D eigenvalue weighted by Crippen LogP contribution is -2.63. The Hall–Kier alpha value is -2.19. The largest absolute Gasteiger partial charge is 0.384 e. The highest BCUT2D eigenvalue weighted by Crippen LogP contribution is 2.29. The SMILES string of the molecule is CN(C)C1(C(=O)N2CCN(c3ccc(N)nc3)C(=O)C2)CCOCC1. The summed E-state index contributed by atoms with van der Waals surface area (Å²) in [5.41, 5.74) is 5.72. The Bertz CT molecular complexity index is 640. The van der Waals surface area contributed by atoms with Crippen molar-refractivity contribution in [2.75, 3.05) is 57.6 Å². The molecule has 136 valence electrons. The first kappa shape index (κ1) is 17.6. The highest BCUT2D eigenvalue weighted by molar-refractivity contribution is 5.99. The van der Waals surface area contributed by atoms with Crippen molar-refractivity contribution in [3.05, 3.63) is 18.3 Å². The van der Waals surface area contributed by atoms with Crippen molar-refractivity contribution in [2.45, 2.75) is 18.4 Å². The van der Waals surface area contributed by atoms with Crippen LogP contribution in [0.15, 0.2) is 18.3 Å². The third-order valence-corrected chi connectivity index (χ3v) is 5.16. The van der Waals surface area contributed by atoms with Gasteiger partial charge >= 0.3 is 0 Å². The summed E-state index contributed by atoms with van der Waals surface area (Å²) in [5, 5.41) is 0. The molecule has 0 atom stereocenters. The molecule has 0 radical (unpaired) electrons. The molecule has 2 aliphatic heterocycles. The molecule has 25 heavy (non-hydrogen) atoms. The maximum Gasteiger partial charge on any atom is 0.246 e. The number of carbonyl (C=O) groups is 2. The zero-order chi connectivity index (χ0) is 18.0. The molecule has 0 bridgehead atoms. The Morgan fingerprint density at radius 3 is 2.56 bits per heavy atom. The van der Waals surface area contributed by atoms with E-state index in [0.717, 1.165) is 0 Å². The molecule has 0 saturated carbocycles. The minimum atomic E-state index is -0.580. The first-order valence-electron chi connectivity index (χ1n) is 8.50. The summed E-state index contributed by atoms with van der Waals surface area (Å²) in [7, 11) is 3.84. The Balaban J connectivity index is 1.72. The summed E-state index contributed by atoms with van der Waals surface area (Å²) >= 11 is 0. The predicted octanol–water partition coefficient (Wildman–Crippen LogP) is -0.0502. The minimum Gasteiger partial charge on any atom is -0.384 e. The van der Waals surface area contributed by atoms with E-state index in [1.165, 1.54) is 0 Å². The Morgan fingerprint density at radius 2 is 2.00 bits per heavy atom. The fourth-order valence-corrected chi connectivity index (χ4v) is 3.53. The van der Waals surface area contributed by atoms with Crippen LogP contribution in [0.3, 0.4) is 0 Å². The number of rotatable bonds is 3. The maximum atomic E-state index is 13.2. The van der Waals surface area contributed by atoms with Gasteiger partial charge in [0.05, 0.1) is 11.9 Å². The number of pyridine rings is 1. The van der Waals surface area contributed by atoms with Gasteiger partial charge in [-0.15, -0.1) is 0 Å². The lowest BCUT2D eigenvalue weighted by molar-refractivity contribution is -0.152. The minimum absolute atomic E-state index is 0.0178. The maximum absolute atomic E-state index is 13.2. The van der Waals surface area contributed by atoms with Crippen molar-refractivity contribution < 1.29 is 14.3 Å². The summed E-state index contributed by atoms with van der Waals surface area (Å²) in [6, 6.07) is 3.45. The topological polar surface area (TPSA) is 92.0 Å². The molecule has 0 aliphatic carbocycles. The fraction of sp³-hybridized carbons (Fsp3) is 0.588. The third-order valence-electron chi connectivity index (χ3n) is 5.16. The number of piperazine rings is 1. The monoisotopic (exact) mass is 347 g/mol. The van der Waals surface area contributed by atoms with E-state index in [1.54, 1.807) is 28.1 Å². The van der Waals surface area contributed by atoms with Gasteiger partial charge in [0.15, 0.2) is 0 Å². The molecule has 8 heteroatoms. The van der Waals surface area contributed by atoms with Gasteiger partial charge in [-0.25, -0.2) is 4.98 Å². The van der Waals surface area contributed by atoms with E-state index >= 15 is 0 Å². The van der Waals surface area contributed by atoms with Gasteiger partial charge in [0, 0.05) is 26.3 Å². The van der Waals surface area contributed by atoms with Crippen molar-refractivity contribution in [3.8, 4) is 0 Å². The Morgan fingerprint density at radius 1 is 1.28 bits per heavy atom. The van der Waals surface area contributed by atoms with Gasteiger partial charge in [-0.2, -0.15) is 0 Å². The van der Waals surface area contributed by atoms with Gasteiger partial charge in [-0.05, 0) is 39.1 Å². The van der Waals surface area contributed by atoms with Crippen molar-refractivity contribution in [2.24, 2.45) is 0 Å². The van der Waals surface area contributed by atoms with Crippen LogP contribution >= 0.6 is 0 Å². The van der Waals surface area contributed by atoms with Crippen LogP contribution in [0, 0.1) is 0 Å². The molecule has 2 fully saturated rings. The zero-order valence-corrected chi connectivity index (χ0v) is 14.8. The van der Waals surface area contributed by atoms with Gasteiger partial charge in [0.25, 0.3) is 0 Å². The average molecular weight is 347 g/mol. The second-order valence-electron chi connectivity index (χ2n) is 6.75. The fourth-order valence-electron chi connectivity index (χ4n) is 3.53.